The lowest BCUT2D eigenvalue weighted by atomic mass is 10.2. The van der Waals surface area contributed by atoms with Gasteiger partial charge >= 0.3 is 0 Å². The van der Waals surface area contributed by atoms with Crippen molar-refractivity contribution in [3.05, 3.63) is 45.1 Å². The molecule has 2 aromatic rings. The summed E-state index contributed by atoms with van der Waals surface area (Å²) in [5.74, 6) is 0. The van der Waals surface area contributed by atoms with Gasteiger partial charge in [-0.2, -0.15) is 0 Å². The molecule has 108 valence electrons. The molecule has 0 saturated carbocycles. The van der Waals surface area contributed by atoms with Gasteiger partial charge in [0, 0.05) is 14.7 Å². The van der Waals surface area contributed by atoms with Crippen LogP contribution in [-0.4, -0.2) is 15.5 Å². The highest BCUT2D eigenvalue weighted by Gasteiger charge is 2.18. The lowest BCUT2D eigenvalue weighted by Gasteiger charge is -2.16. The van der Waals surface area contributed by atoms with Crippen LogP contribution in [0.3, 0.4) is 0 Å². The zero-order chi connectivity index (χ0) is 14.8. The number of benzene rings is 1. The highest BCUT2D eigenvalue weighted by atomic mass is 79.9. The van der Waals surface area contributed by atoms with Crippen molar-refractivity contribution in [3.8, 4) is 0 Å². The average molecular weight is 375 g/mol. The van der Waals surface area contributed by atoms with Crippen molar-refractivity contribution in [2.75, 3.05) is 12.4 Å². The maximum Gasteiger partial charge on any atom is 0.242 e. The van der Waals surface area contributed by atoms with E-state index in [1.54, 1.807) is 29.5 Å². The van der Waals surface area contributed by atoms with E-state index in [1.807, 2.05) is 24.4 Å². The standard InChI is InChI=1S/C13H15BrN2O2S2/c1-9(12-7-10(14)8-19-12)16-11-5-3-4-6-13(11)20(17,18)15-2/h3-9,15-16H,1-2H3. The molecule has 0 aliphatic carbocycles. The van der Waals surface area contributed by atoms with E-state index in [1.165, 1.54) is 7.05 Å². The van der Waals surface area contributed by atoms with Gasteiger partial charge in [-0.3, -0.25) is 0 Å². The summed E-state index contributed by atoms with van der Waals surface area (Å²) in [7, 11) is -2.06. The van der Waals surface area contributed by atoms with Crippen molar-refractivity contribution < 1.29 is 8.42 Å². The zero-order valence-electron chi connectivity index (χ0n) is 11.1. The zero-order valence-corrected chi connectivity index (χ0v) is 14.3. The molecule has 1 unspecified atom stereocenters. The third-order valence-corrected chi connectivity index (χ3v) is 6.18. The summed E-state index contributed by atoms with van der Waals surface area (Å²) < 4.78 is 27.3. The normalized spacial score (nSPS) is 13.2. The van der Waals surface area contributed by atoms with Crippen molar-refractivity contribution in [2.24, 2.45) is 0 Å². The second-order valence-corrected chi connectivity index (χ2v) is 7.95. The number of nitrogens with one attached hydrogen (secondary N) is 2. The molecule has 20 heavy (non-hydrogen) atoms. The number of halogens is 1. The van der Waals surface area contributed by atoms with Gasteiger partial charge in [0.2, 0.25) is 10.0 Å². The van der Waals surface area contributed by atoms with Gasteiger partial charge in [-0.1, -0.05) is 12.1 Å². The summed E-state index contributed by atoms with van der Waals surface area (Å²) in [5.41, 5.74) is 0.596. The maximum absolute atomic E-state index is 12.0. The van der Waals surface area contributed by atoms with Crippen molar-refractivity contribution in [1.29, 1.82) is 0 Å². The fourth-order valence-electron chi connectivity index (χ4n) is 1.79. The molecule has 0 bridgehead atoms. The molecule has 0 aliphatic rings. The van der Waals surface area contributed by atoms with Crippen molar-refractivity contribution in [2.45, 2.75) is 17.9 Å². The van der Waals surface area contributed by atoms with E-state index in [4.69, 9.17) is 0 Å². The quantitative estimate of drug-likeness (QED) is 0.840. The molecular weight excluding hydrogens is 360 g/mol. The first-order valence-electron chi connectivity index (χ1n) is 5.97. The van der Waals surface area contributed by atoms with E-state index in [-0.39, 0.29) is 10.9 Å². The molecule has 1 atom stereocenters. The minimum atomic E-state index is -3.47. The molecule has 0 radical (unpaired) electrons. The number of thiophene rings is 1. The summed E-state index contributed by atoms with van der Waals surface area (Å²) >= 11 is 5.04. The first-order valence-corrected chi connectivity index (χ1v) is 9.12. The number of anilines is 1. The molecule has 2 N–H and O–H groups in total. The minimum Gasteiger partial charge on any atom is -0.377 e. The van der Waals surface area contributed by atoms with Gasteiger partial charge in [0.25, 0.3) is 0 Å². The number of sulfonamides is 1. The van der Waals surface area contributed by atoms with Gasteiger partial charge in [0.15, 0.2) is 0 Å². The van der Waals surface area contributed by atoms with Crippen LogP contribution < -0.4 is 10.0 Å². The Kier molecular flexibility index (Phi) is 4.85. The van der Waals surface area contributed by atoms with E-state index in [0.29, 0.717) is 5.69 Å². The Morgan fingerprint density at radius 2 is 2.00 bits per heavy atom. The van der Waals surface area contributed by atoms with Gasteiger partial charge in [-0.05, 0) is 48.1 Å². The SMILES string of the molecule is CNS(=O)(=O)c1ccccc1NC(C)c1cc(Br)cs1. The highest BCUT2D eigenvalue weighted by Crippen LogP contribution is 2.30. The molecule has 0 aliphatic heterocycles. The van der Waals surface area contributed by atoms with E-state index in [9.17, 15) is 8.42 Å². The molecule has 0 saturated heterocycles. The molecule has 0 fully saturated rings. The summed E-state index contributed by atoms with van der Waals surface area (Å²) in [5, 5.41) is 5.25. The lowest BCUT2D eigenvalue weighted by Crippen LogP contribution is -2.20. The smallest absolute Gasteiger partial charge is 0.242 e. The number of hydrogen-bond acceptors (Lipinski definition) is 4. The Balaban J connectivity index is 2.30. The Morgan fingerprint density at radius 1 is 1.30 bits per heavy atom. The monoisotopic (exact) mass is 374 g/mol. The molecule has 1 heterocycles. The van der Waals surface area contributed by atoms with Crippen molar-refractivity contribution in [1.82, 2.24) is 4.72 Å². The molecular formula is C13H15BrN2O2S2. The molecule has 1 aromatic carbocycles. The maximum atomic E-state index is 12.0. The second kappa shape index (κ2) is 6.26. The van der Waals surface area contributed by atoms with Crippen LogP contribution in [0.1, 0.15) is 17.8 Å². The van der Waals surface area contributed by atoms with E-state index < -0.39 is 10.0 Å². The lowest BCUT2D eigenvalue weighted by molar-refractivity contribution is 0.588. The Morgan fingerprint density at radius 3 is 2.60 bits per heavy atom. The minimum absolute atomic E-state index is 0.0273. The van der Waals surface area contributed by atoms with Gasteiger partial charge < -0.3 is 5.32 Å². The summed E-state index contributed by atoms with van der Waals surface area (Å²) in [6.45, 7) is 2.00. The summed E-state index contributed by atoms with van der Waals surface area (Å²) in [6, 6.07) is 8.93. The van der Waals surface area contributed by atoms with Gasteiger partial charge in [0.05, 0.1) is 11.7 Å². The third kappa shape index (κ3) is 3.41. The van der Waals surface area contributed by atoms with Crippen LogP contribution in [0.2, 0.25) is 0 Å². The second-order valence-electron chi connectivity index (χ2n) is 4.24. The van der Waals surface area contributed by atoms with Crippen LogP contribution in [0.25, 0.3) is 0 Å². The number of rotatable bonds is 5. The third-order valence-electron chi connectivity index (χ3n) is 2.83. The molecule has 0 spiro atoms. The predicted octanol–water partition coefficient (Wildman–Crippen LogP) is 3.59. The molecule has 7 heteroatoms. The average Bonchev–Trinajstić information content (AvgIpc) is 2.86. The van der Waals surface area contributed by atoms with Crippen LogP contribution in [0, 0.1) is 0 Å². The van der Waals surface area contributed by atoms with Crippen LogP contribution in [0.4, 0.5) is 5.69 Å². The summed E-state index contributed by atoms with van der Waals surface area (Å²) in [4.78, 5) is 1.39. The van der Waals surface area contributed by atoms with E-state index in [0.717, 1.165) is 9.35 Å². The first-order chi connectivity index (χ1) is 9.44. The fourth-order valence-corrected chi connectivity index (χ4v) is 4.14. The Labute approximate surface area is 131 Å². The predicted molar refractivity (Wildman–Crippen MR) is 86.7 cm³/mol. The van der Waals surface area contributed by atoms with Gasteiger partial charge in [0.1, 0.15) is 4.90 Å². The molecule has 4 nitrogen and oxygen atoms in total. The Hall–Kier alpha value is -0.890. The van der Waals surface area contributed by atoms with Crippen LogP contribution in [-0.2, 0) is 10.0 Å². The van der Waals surface area contributed by atoms with Crippen LogP contribution >= 0.6 is 27.3 Å². The van der Waals surface area contributed by atoms with Gasteiger partial charge in [-0.25, -0.2) is 13.1 Å². The number of hydrogen-bond donors (Lipinski definition) is 2. The molecule has 1 aromatic heterocycles. The largest absolute Gasteiger partial charge is 0.377 e. The molecule has 0 amide bonds. The topological polar surface area (TPSA) is 58.2 Å². The van der Waals surface area contributed by atoms with Crippen LogP contribution in [0.5, 0.6) is 0 Å². The summed E-state index contributed by atoms with van der Waals surface area (Å²) in [6.07, 6.45) is 0. The van der Waals surface area contributed by atoms with Gasteiger partial charge in [-0.15, -0.1) is 11.3 Å². The van der Waals surface area contributed by atoms with Crippen molar-refractivity contribution >= 4 is 43.0 Å². The first kappa shape index (κ1) is 15.5. The van der Waals surface area contributed by atoms with E-state index >= 15 is 0 Å². The fraction of sp³-hybridized carbons (Fsp3) is 0.231. The highest BCUT2D eigenvalue weighted by molar-refractivity contribution is 9.10. The van der Waals surface area contributed by atoms with Crippen LogP contribution in [0.15, 0.2) is 45.1 Å². The van der Waals surface area contributed by atoms with Crippen molar-refractivity contribution in [3.63, 3.8) is 0 Å². The molecule has 2 rings (SSSR count). The number of para-hydroxylation sites is 1. The van der Waals surface area contributed by atoms with E-state index in [2.05, 4.69) is 26.0 Å². The Bertz CT molecular complexity index is 698.